The molecule has 1 aromatic rings. The third kappa shape index (κ3) is 3.85. The first-order valence-corrected chi connectivity index (χ1v) is 6.90. The maximum Gasteiger partial charge on any atom is 0.125 e. The molecular weight excluding hydrogens is 240 g/mol. The summed E-state index contributed by atoms with van der Waals surface area (Å²) in [4.78, 5) is 0. The monoisotopic (exact) mass is 264 g/mol. The average Bonchev–Trinajstić information content (AvgIpc) is 2.41. The van der Waals surface area contributed by atoms with Crippen molar-refractivity contribution in [2.24, 2.45) is 11.7 Å². The second-order valence-electron chi connectivity index (χ2n) is 5.23. The van der Waals surface area contributed by atoms with Crippen molar-refractivity contribution in [3.63, 3.8) is 0 Å². The summed E-state index contributed by atoms with van der Waals surface area (Å²) in [6.45, 7) is 2.04. The Balaban J connectivity index is 1.75. The summed E-state index contributed by atoms with van der Waals surface area (Å²) in [6.07, 6.45) is 3.30. The standard InChI is InChI=1S/C15H24N2O2/c1-18-14-4-3-12(15(9-14)19-2)5-6-17-10-11-7-13(16)8-11/h3-4,9,11,13,17H,5-8,10,16H2,1-2H3. The molecule has 0 aliphatic heterocycles. The van der Waals surface area contributed by atoms with Crippen molar-refractivity contribution in [1.29, 1.82) is 0 Å². The molecule has 0 heterocycles. The molecule has 1 aliphatic carbocycles. The topological polar surface area (TPSA) is 56.5 Å². The second kappa shape index (κ2) is 6.78. The van der Waals surface area contributed by atoms with Gasteiger partial charge >= 0.3 is 0 Å². The van der Waals surface area contributed by atoms with Gasteiger partial charge < -0.3 is 20.5 Å². The van der Waals surface area contributed by atoms with Gasteiger partial charge in [0.25, 0.3) is 0 Å². The molecule has 1 aromatic carbocycles. The predicted octanol–water partition coefficient (Wildman–Crippen LogP) is 1.57. The van der Waals surface area contributed by atoms with Crippen LogP contribution in [0.15, 0.2) is 18.2 Å². The molecule has 4 nitrogen and oxygen atoms in total. The van der Waals surface area contributed by atoms with Crippen molar-refractivity contribution < 1.29 is 9.47 Å². The number of ether oxygens (including phenoxy) is 2. The summed E-state index contributed by atoms with van der Waals surface area (Å²) in [7, 11) is 3.36. The van der Waals surface area contributed by atoms with Gasteiger partial charge in [-0.1, -0.05) is 6.07 Å². The fourth-order valence-corrected chi connectivity index (χ4v) is 2.54. The van der Waals surface area contributed by atoms with Gasteiger partial charge in [-0.3, -0.25) is 0 Å². The zero-order chi connectivity index (χ0) is 13.7. The van der Waals surface area contributed by atoms with E-state index in [1.165, 1.54) is 18.4 Å². The summed E-state index contributed by atoms with van der Waals surface area (Å²) in [5.41, 5.74) is 6.98. The van der Waals surface area contributed by atoms with Crippen molar-refractivity contribution in [2.75, 3.05) is 27.3 Å². The fourth-order valence-electron chi connectivity index (χ4n) is 2.54. The Morgan fingerprint density at radius 2 is 2.05 bits per heavy atom. The van der Waals surface area contributed by atoms with E-state index < -0.39 is 0 Å². The molecule has 4 heteroatoms. The van der Waals surface area contributed by atoms with Crippen LogP contribution in [-0.4, -0.2) is 33.4 Å². The molecule has 2 rings (SSSR count). The third-order valence-corrected chi connectivity index (χ3v) is 3.77. The number of nitrogens with one attached hydrogen (secondary N) is 1. The van der Waals surface area contributed by atoms with Crippen molar-refractivity contribution >= 4 is 0 Å². The fraction of sp³-hybridized carbons (Fsp3) is 0.600. The second-order valence-corrected chi connectivity index (χ2v) is 5.23. The minimum atomic E-state index is 0.438. The highest BCUT2D eigenvalue weighted by Crippen LogP contribution is 2.25. The highest BCUT2D eigenvalue weighted by Gasteiger charge is 2.24. The molecule has 0 unspecified atom stereocenters. The first kappa shape index (κ1) is 14.2. The molecule has 0 spiro atoms. The molecule has 0 radical (unpaired) electrons. The molecule has 1 saturated carbocycles. The van der Waals surface area contributed by atoms with Crippen LogP contribution in [0, 0.1) is 5.92 Å². The molecular formula is C15H24N2O2. The van der Waals surface area contributed by atoms with Crippen LogP contribution in [0.4, 0.5) is 0 Å². The normalized spacial score (nSPS) is 21.8. The van der Waals surface area contributed by atoms with Crippen molar-refractivity contribution in [1.82, 2.24) is 5.32 Å². The molecule has 3 N–H and O–H groups in total. The SMILES string of the molecule is COc1ccc(CCNCC2CC(N)C2)c(OC)c1. The smallest absolute Gasteiger partial charge is 0.125 e. The minimum Gasteiger partial charge on any atom is -0.497 e. The lowest BCUT2D eigenvalue weighted by molar-refractivity contribution is 0.257. The Morgan fingerprint density at radius 1 is 1.26 bits per heavy atom. The molecule has 0 amide bonds. The average molecular weight is 264 g/mol. The molecule has 106 valence electrons. The van der Waals surface area contributed by atoms with Gasteiger partial charge in [-0.2, -0.15) is 0 Å². The number of hydrogen-bond donors (Lipinski definition) is 2. The molecule has 0 bridgehead atoms. The van der Waals surface area contributed by atoms with E-state index in [9.17, 15) is 0 Å². The van der Waals surface area contributed by atoms with E-state index in [-0.39, 0.29) is 0 Å². The van der Waals surface area contributed by atoms with Crippen LogP contribution < -0.4 is 20.5 Å². The van der Waals surface area contributed by atoms with E-state index in [2.05, 4.69) is 11.4 Å². The number of nitrogens with two attached hydrogens (primary N) is 1. The maximum absolute atomic E-state index is 5.77. The zero-order valence-electron chi connectivity index (χ0n) is 11.8. The summed E-state index contributed by atoms with van der Waals surface area (Å²) in [6, 6.07) is 6.41. The summed E-state index contributed by atoms with van der Waals surface area (Å²) < 4.78 is 10.6. The molecule has 19 heavy (non-hydrogen) atoms. The lowest BCUT2D eigenvalue weighted by Gasteiger charge is -2.32. The van der Waals surface area contributed by atoms with E-state index in [1.54, 1.807) is 14.2 Å². The number of hydrogen-bond acceptors (Lipinski definition) is 4. The lowest BCUT2D eigenvalue weighted by Crippen LogP contribution is -2.41. The third-order valence-electron chi connectivity index (χ3n) is 3.77. The number of benzene rings is 1. The van der Waals surface area contributed by atoms with Gasteiger partial charge in [0.1, 0.15) is 11.5 Å². The van der Waals surface area contributed by atoms with E-state index in [0.717, 1.165) is 36.9 Å². The van der Waals surface area contributed by atoms with E-state index in [1.807, 2.05) is 12.1 Å². The Labute approximate surface area is 115 Å². The van der Waals surface area contributed by atoms with Crippen molar-refractivity contribution in [2.45, 2.75) is 25.3 Å². The predicted molar refractivity (Wildman–Crippen MR) is 76.8 cm³/mol. The van der Waals surface area contributed by atoms with Crippen LogP contribution in [0.1, 0.15) is 18.4 Å². The molecule has 1 fully saturated rings. The van der Waals surface area contributed by atoms with Gasteiger partial charge in [0.05, 0.1) is 14.2 Å². The lowest BCUT2D eigenvalue weighted by atomic mass is 9.81. The number of methoxy groups -OCH3 is 2. The molecule has 0 saturated heterocycles. The zero-order valence-corrected chi connectivity index (χ0v) is 11.8. The van der Waals surface area contributed by atoms with Crippen LogP contribution in [0.25, 0.3) is 0 Å². The maximum atomic E-state index is 5.77. The molecule has 0 aromatic heterocycles. The van der Waals surface area contributed by atoms with Gasteiger partial charge in [0.15, 0.2) is 0 Å². The first-order chi connectivity index (χ1) is 9.22. The Morgan fingerprint density at radius 3 is 2.68 bits per heavy atom. The Kier molecular flexibility index (Phi) is 5.05. The van der Waals surface area contributed by atoms with Gasteiger partial charge in [-0.05, 0) is 49.9 Å². The summed E-state index contributed by atoms with van der Waals surface area (Å²) in [5.74, 6) is 2.50. The van der Waals surface area contributed by atoms with Gasteiger partial charge in [-0.25, -0.2) is 0 Å². The van der Waals surface area contributed by atoms with E-state index in [4.69, 9.17) is 15.2 Å². The largest absolute Gasteiger partial charge is 0.497 e. The minimum absolute atomic E-state index is 0.438. The Hall–Kier alpha value is -1.26. The highest BCUT2D eigenvalue weighted by molar-refractivity contribution is 5.40. The molecule has 1 aliphatic rings. The van der Waals surface area contributed by atoms with Crippen LogP contribution >= 0.6 is 0 Å². The van der Waals surface area contributed by atoms with Crippen molar-refractivity contribution in [3.8, 4) is 11.5 Å². The van der Waals surface area contributed by atoms with Crippen LogP contribution in [0.5, 0.6) is 11.5 Å². The van der Waals surface area contributed by atoms with E-state index >= 15 is 0 Å². The van der Waals surface area contributed by atoms with Crippen molar-refractivity contribution in [3.05, 3.63) is 23.8 Å². The summed E-state index contributed by atoms with van der Waals surface area (Å²) in [5, 5.41) is 3.49. The molecule has 0 atom stereocenters. The highest BCUT2D eigenvalue weighted by atomic mass is 16.5. The van der Waals surface area contributed by atoms with E-state index in [0.29, 0.717) is 6.04 Å². The van der Waals surface area contributed by atoms with Crippen LogP contribution in [0.3, 0.4) is 0 Å². The first-order valence-electron chi connectivity index (χ1n) is 6.90. The van der Waals surface area contributed by atoms with Crippen LogP contribution in [0.2, 0.25) is 0 Å². The Bertz CT molecular complexity index is 403. The quantitative estimate of drug-likeness (QED) is 0.734. The van der Waals surface area contributed by atoms with Gasteiger partial charge in [-0.15, -0.1) is 0 Å². The summed E-state index contributed by atoms with van der Waals surface area (Å²) >= 11 is 0. The number of rotatable bonds is 7. The van der Waals surface area contributed by atoms with Crippen LogP contribution in [-0.2, 0) is 6.42 Å². The van der Waals surface area contributed by atoms with Gasteiger partial charge in [0, 0.05) is 12.1 Å². The van der Waals surface area contributed by atoms with Gasteiger partial charge in [0.2, 0.25) is 0 Å².